The lowest BCUT2D eigenvalue weighted by atomic mass is 9.99. The zero-order valence-electron chi connectivity index (χ0n) is 15.7. The van der Waals surface area contributed by atoms with E-state index in [1.54, 1.807) is 55.7 Å². The van der Waals surface area contributed by atoms with Crippen LogP contribution >= 0.6 is 0 Å². The molecule has 0 amide bonds. The number of halogens is 1. The van der Waals surface area contributed by atoms with E-state index >= 15 is 0 Å². The molecule has 0 spiro atoms. The number of carbonyl (C=O) groups is 1. The molecule has 0 saturated carbocycles. The maximum Gasteiger partial charge on any atom is 0.170 e. The van der Waals surface area contributed by atoms with E-state index in [0.29, 0.717) is 16.9 Å². The molecule has 0 saturated heterocycles. The molecule has 0 N–H and O–H groups in total. The highest BCUT2D eigenvalue weighted by Crippen LogP contribution is 2.40. The second-order valence-electron chi connectivity index (χ2n) is 6.72. The number of Topliss-reactive ketones (excluding diaryl/α,β-unsaturated/α-hetero) is 1. The molecule has 5 nitrogen and oxygen atoms in total. The molecule has 1 atom stereocenters. The van der Waals surface area contributed by atoms with Gasteiger partial charge in [-0.25, -0.2) is 4.39 Å². The second kappa shape index (κ2) is 7.72. The van der Waals surface area contributed by atoms with Gasteiger partial charge < -0.3 is 9.47 Å². The maximum atomic E-state index is 14.9. The molecule has 0 aliphatic carbocycles. The summed E-state index contributed by atoms with van der Waals surface area (Å²) in [5.41, 5.74) is 2.74. The number of nitrogens with zero attached hydrogens (tertiary/aromatic N) is 2. The number of ketones is 1. The Morgan fingerprint density at radius 1 is 1.17 bits per heavy atom. The first kappa shape index (κ1) is 18.6. The quantitative estimate of drug-likeness (QED) is 0.656. The predicted molar refractivity (Wildman–Crippen MR) is 103 cm³/mol. The largest absolute Gasteiger partial charge is 0.492 e. The summed E-state index contributed by atoms with van der Waals surface area (Å²) in [5, 5.41) is 9.05. The third-order valence-electron chi connectivity index (χ3n) is 4.88. The monoisotopic (exact) mass is 388 g/mol. The molecule has 1 aromatic heterocycles. The van der Waals surface area contributed by atoms with Crippen LogP contribution in [0.3, 0.4) is 0 Å². The van der Waals surface area contributed by atoms with Gasteiger partial charge in [0.15, 0.2) is 17.3 Å². The molecule has 1 unspecified atom stereocenters. The van der Waals surface area contributed by atoms with Crippen molar-refractivity contribution in [1.82, 2.24) is 4.98 Å². The molecular weight excluding hydrogens is 371 g/mol. The number of fused-ring (bicyclic) bond motifs is 1. The van der Waals surface area contributed by atoms with Crippen LogP contribution in [0.4, 0.5) is 4.39 Å². The molecule has 0 bridgehead atoms. The Morgan fingerprint density at radius 2 is 1.86 bits per heavy atom. The second-order valence-corrected chi connectivity index (χ2v) is 6.72. The highest BCUT2D eigenvalue weighted by atomic mass is 19.1. The van der Waals surface area contributed by atoms with Gasteiger partial charge >= 0.3 is 0 Å². The average molecular weight is 388 g/mol. The number of benzene rings is 2. The fraction of sp³-hybridized carbons (Fsp3) is 0.174. The summed E-state index contributed by atoms with van der Waals surface area (Å²) in [7, 11) is 0. The first-order valence-corrected chi connectivity index (χ1v) is 9.14. The van der Waals surface area contributed by atoms with Crippen molar-refractivity contribution < 1.29 is 18.7 Å². The number of aromatic nitrogens is 1. The Kier molecular flexibility index (Phi) is 4.96. The Morgan fingerprint density at radius 3 is 2.55 bits per heavy atom. The van der Waals surface area contributed by atoms with Crippen LogP contribution in [-0.4, -0.2) is 17.4 Å². The Bertz CT molecular complexity index is 1110. The number of pyridine rings is 1. The van der Waals surface area contributed by atoms with Gasteiger partial charge in [-0.3, -0.25) is 9.78 Å². The molecule has 144 valence electrons. The number of carbonyl (C=O) groups excluding carboxylic acids is 1. The van der Waals surface area contributed by atoms with E-state index in [1.165, 1.54) is 6.07 Å². The molecule has 1 aliphatic heterocycles. The van der Waals surface area contributed by atoms with Crippen LogP contribution in [0.1, 0.15) is 45.1 Å². The van der Waals surface area contributed by atoms with Crippen molar-refractivity contribution in [1.29, 1.82) is 5.26 Å². The number of nitriles is 1. The SMILES string of the molecule is Cc1c(OC(c2ccncc2)c2ccc(C#N)cc2)c(F)cc2c1OCCC2=O. The lowest BCUT2D eigenvalue weighted by Crippen LogP contribution is -2.18. The smallest absolute Gasteiger partial charge is 0.170 e. The summed E-state index contributed by atoms with van der Waals surface area (Å²) in [4.78, 5) is 16.1. The molecule has 3 aromatic rings. The minimum atomic E-state index is -0.628. The molecule has 2 aromatic carbocycles. The van der Waals surface area contributed by atoms with Crippen molar-refractivity contribution in [3.05, 3.63) is 88.5 Å². The zero-order chi connectivity index (χ0) is 20.4. The van der Waals surface area contributed by atoms with E-state index in [4.69, 9.17) is 14.7 Å². The number of rotatable bonds is 4. The lowest BCUT2D eigenvalue weighted by Gasteiger charge is -2.25. The number of ether oxygens (including phenoxy) is 2. The van der Waals surface area contributed by atoms with E-state index in [-0.39, 0.29) is 30.1 Å². The zero-order valence-corrected chi connectivity index (χ0v) is 15.7. The third kappa shape index (κ3) is 3.55. The molecule has 29 heavy (non-hydrogen) atoms. The molecular formula is C23H17FN2O3. The molecule has 2 heterocycles. The van der Waals surface area contributed by atoms with Gasteiger partial charge in [-0.05, 0) is 48.4 Å². The molecule has 6 heteroatoms. The Labute approximate surface area is 167 Å². The average Bonchev–Trinajstić information content (AvgIpc) is 2.75. The Hall–Kier alpha value is -3.72. The lowest BCUT2D eigenvalue weighted by molar-refractivity contribution is 0.0931. The molecule has 4 rings (SSSR count). The van der Waals surface area contributed by atoms with Gasteiger partial charge in [-0.2, -0.15) is 5.26 Å². The van der Waals surface area contributed by atoms with Crippen LogP contribution in [0, 0.1) is 24.1 Å². The van der Waals surface area contributed by atoms with Crippen molar-refractivity contribution in [2.75, 3.05) is 6.61 Å². The van der Waals surface area contributed by atoms with Crippen LogP contribution in [0.5, 0.6) is 11.5 Å². The van der Waals surface area contributed by atoms with Crippen molar-refractivity contribution >= 4 is 5.78 Å². The third-order valence-corrected chi connectivity index (χ3v) is 4.88. The minimum absolute atomic E-state index is 0.0321. The van der Waals surface area contributed by atoms with Gasteiger partial charge in [-0.1, -0.05) is 12.1 Å². The van der Waals surface area contributed by atoms with Crippen molar-refractivity contribution in [3.63, 3.8) is 0 Å². The molecule has 1 aliphatic rings. The van der Waals surface area contributed by atoms with Crippen LogP contribution in [0.2, 0.25) is 0 Å². The summed E-state index contributed by atoms with van der Waals surface area (Å²) in [5.74, 6) is -0.360. The summed E-state index contributed by atoms with van der Waals surface area (Å²) >= 11 is 0. The normalized spacial score (nSPS) is 13.8. The minimum Gasteiger partial charge on any atom is -0.492 e. The van der Waals surface area contributed by atoms with Crippen molar-refractivity contribution in [2.24, 2.45) is 0 Å². The summed E-state index contributed by atoms with van der Waals surface area (Å²) in [6.07, 6.45) is 2.87. The summed E-state index contributed by atoms with van der Waals surface area (Å²) in [6, 6.07) is 13.8. The van der Waals surface area contributed by atoms with Crippen LogP contribution in [-0.2, 0) is 0 Å². The molecule has 0 radical (unpaired) electrons. The van der Waals surface area contributed by atoms with E-state index in [9.17, 15) is 9.18 Å². The van der Waals surface area contributed by atoms with Gasteiger partial charge in [0.05, 0.1) is 23.8 Å². The van der Waals surface area contributed by atoms with Crippen LogP contribution < -0.4 is 9.47 Å². The van der Waals surface area contributed by atoms with E-state index < -0.39 is 11.9 Å². The highest BCUT2D eigenvalue weighted by Gasteiger charge is 2.27. The van der Waals surface area contributed by atoms with Crippen LogP contribution in [0.25, 0.3) is 0 Å². The van der Waals surface area contributed by atoms with Gasteiger partial charge in [0, 0.05) is 24.4 Å². The van der Waals surface area contributed by atoms with Crippen molar-refractivity contribution in [3.8, 4) is 17.6 Å². The first-order chi connectivity index (χ1) is 14.1. The van der Waals surface area contributed by atoms with Gasteiger partial charge in [0.2, 0.25) is 0 Å². The first-order valence-electron chi connectivity index (χ1n) is 9.14. The van der Waals surface area contributed by atoms with Gasteiger partial charge in [-0.15, -0.1) is 0 Å². The van der Waals surface area contributed by atoms with E-state index in [2.05, 4.69) is 11.1 Å². The number of hydrogen-bond acceptors (Lipinski definition) is 5. The molecule has 0 fully saturated rings. The predicted octanol–water partition coefficient (Wildman–Crippen LogP) is 4.53. The van der Waals surface area contributed by atoms with Gasteiger partial charge in [0.25, 0.3) is 0 Å². The van der Waals surface area contributed by atoms with E-state index in [0.717, 1.165) is 11.1 Å². The topological polar surface area (TPSA) is 72.2 Å². The highest BCUT2D eigenvalue weighted by molar-refractivity contribution is 6.00. The van der Waals surface area contributed by atoms with Crippen molar-refractivity contribution in [2.45, 2.75) is 19.4 Å². The standard InChI is InChI=1S/C23H17FN2O3/c1-14-21-18(20(27)8-11-28-21)12-19(24)22(14)29-23(17-6-9-26-10-7-17)16-4-2-15(13-25)3-5-16/h2-7,9-10,12,23H,8,11H2,1H3. The maximum absolute atomic E-state index is 14.9. The Balaban J connectivity index is 1.79. The number of hydrogen-bond donors (Lipinski definition) is 0. The van der Waals surface area contributed by atoms with Crippen LogP contribution in [0.15, 0.2) is 54.9 Å². The fourth-order valence-corrected chi connectivity index (χ4v) is 3.38. The van der Waals surface area contributed by atoms with Gasteiger partial charge in [0.1, 0.15) is 11.9 Å². The summed E-state index contributed by atoms with van der Waals surface area (Å²) < 4.78 is 26.7. The van der Waals surface area contributed by atoms with E-state index in [1.807, 2.05) is 0 Å². The fourth-order valence-electron chi connectivity index (χ4n) is 3.38. The summed E-state index contributed by atoms with van der Waals surface area (Å²) in [6.45, 7) is 1.94.